The first-order chi connectivity index (χ1) is 11.0. The number of carboxylic acid groups (broad SMARTS) is 1. The summed E-state index contributed by atoms with van der Waals surface area (Å²) in [5, 5.41) is 13.1. The Morgan fingerprint density at radius 2 is 1.96 bits per heavy atom. The van der Waals surface area contributed by atoms with Crippen LogP contribution >= 0.6 is 11.3 Å². The molecule has 0 saturated heterocycles. The van der Waals surface area contributed by atoms with Gasteiger partial charge in [-0.2, -0.15) is 0 Å². The van der Waals surface area contributed by atoms with Crippen LogP contribution in [0.25, 0.3) is 0 Å². The standard InChI is InChI=1S/C15H14F2N2O3S/c16-12(17)7-10(15(21)22)19-14(20)11-8-23-13(18-11)6-9-4-2-1-3-5-9/h1-5,8,10,12H,6-7H2,(H,19,20)(H,21,22). The van der Waals surface area contributed by atoms with Gasteiger partial charge in [0.25, 0.3) is 5.91 Å². The minimum Gasteiger partial charge on any atom is -0.480 e. The van der Waals surface area contributed by atoms with Crippen LogP contribution in [0.5, 0.6) is 0 Å². The SMILES string of the molecule is O=C(NC(CC(F)F)C(=O)O)c1csc(Cc2ccccc2)n1. The Balaban J connectivity index is 2.01. The molecule has 0 bridgehead atoms. The van der Waals surface area contributed by atoms with Crippen LogP contribution < -0.4 is 5.32 Å². The van der Waals surface area contributed by atoms with Gasteiger partial charge in [0, 0.05) is 18.2 Å². The van der Waals surface area contributed by atoms with Crippen molar-refractivity contribution in [1.29, 1.82) is 0 Å². The number of alkyl halides is 2. The Bertz CT molecular complexity index is 676. The van der Waals surface area contributed by atoms with Crippen molar-refractivity contribution >= 4 is 23.2 Å². The van der Waals surface area contributed by atoms with Gasteiger partial charge in [0.15, 0.2) is 0 Å². The molecule has 0 aliphatic heterocycles. The average Bonchev–Trinajstić information content (AvgIpc) is 2.95. The van der Waals surface area contributed by atoms with Crippen molar-refractivity contribution in [2.24, 2.45) is 0 Å². The second-order valence-electron chi connectivity index (χ2n) is 4.78. The van der Waals surface area contributed by atoms with E-state index >= 15 is 0 Å². The maximum Gasteiger partial charge on any atom is 0.326 e. The lowest BCUT2D eigenvalue weighted by atomic mass is 10.2. The number of amides is 1. The topological polar surface area (TPSA) is 79.3 Å². The Hall–Kier alpha value is -2.35. The van der Waals surface area contributed by atoms with Crippen molar-refractivity contribution < 1.29 is 23.5 Å². The number of carbonyl (C=O) groups excluding carboxylic acids is 1. The molecule has 1 heterocycles. The van der Waals surface area contributed by atoms with E-state index in [1.54, 1.807) is 0 Å². The highest BCUT2D eigenvalue weighted by Gasteiger charge is 2.25. The van der Waals surface area contributed by atoms with Crippen LogP contribution in [0.2, 0.25) is 0 Å². The summed E-state index contributed by atoms with van der Waals surface area (Å²) in [5.74, 6) is -2.27. The highest BCUT2D eigenvalue weighted by Crippen LogP contribution is 2.15. The largest absolute Gasteiger partial charge is 0.480 e. The van der Waals surface area contributed by atoms with Crippen molar-refractivity contribution in [3.05, 3.63) is 52.0 Å². The highest BCUT2D eigenvalue weighted by molar-refractivity contribution is 7.09. The number of hydrogen-bond acceptors (Lipinski definition) is 4. The summed E-state index contributed by atoms with van der Waals surface area (Å²) in [4.78, 5) is 26.9. The summed E-state index contributed by atoms with van der Waals surface area (Å²) < 4.78 is 24.6. The van der Waals surface area contributed by atoms with E-state index in [9.17, 15) is 18.4 Å². The number of aromatic nitrogens is 1. The van der Waals surface area contributed by atoms with Gasteiger partial charge in [-0.3, -0.25) is 4.79 Å². The van der Waals surface area contributed by atoms with Crippen LogP contribution in [0.3, 0.4) is 0 Å². The zero-order valence-electron chi connectivity index (χ0n) is 11.9. The van der Waals surface area contributed by atoms with Gasteiger partial charge in [-0.1, -0.05) is 30.3 Å². The van der Waals surface area contributed by atoms with E-state index in [-0.39, 0.29) is 5.69 Å². The fraction of sp³-hybridized carbons (Fsp3) is 0.267. The predicted octanol–water partition coefficient (Wildman–Crippen LogP) is 2.57. The van der Waals surface area contributed by atoms with Gasteiger partial charge in [0.05, 0.1) is 5.01 Å². The molecule has 2 aromatic rings. The van der Waals surface area contributed by atoms with Crippen molar-refractivity contribution in [1.82, 2.24) is 10.3 Å². The number of nitrogens with zero attached hydrogens (tertiary/aromatic N) is 1. The second-order valence-corrected chi connectivity index (χ2v) is 5.72. The lowest BCUT2D eigenvalue weighted by Crippen LogP contribution is -2.42. The minimum atomic E-state index is -2.82. The quantitative estimate of drug-likeness (QED) is 0.812. The maximum atomic E-state index is 12.3. The van der Waals surface area contributed by atoms with E-state index in [1.807, 2.05) is 30.3 Å². The summed E-state index contributed by atoms with van der Waals surface area (Å²) in [5.41, 5.74) is 1.05. The van der Waals surface area contributed by atoms with Gasteiger partial charge in [0.1, 0.15) is 11.7 Å². The number of carboxylic acids is 1. The molecule has 8 heteroatoms. The number of halogens is 2. The third-order valence-electron chi connectivity index (χ3n) is 3.00. The van der Waals surface area contributed by atoms with E-state index in [4.69, 9.17) is 5.11 Å². The summed E-state index contributed by atoms with van der Waals surface area (Å²) in [6.07, 6.45) is -3.22. The molecule has 0 fully saturated rings. The number of hydrogen-bond donors (Lipinski definition) is 2. The van der Waals surface area contributed by atoms with Crippen molar-refractivity contribution in [2.45, 2.75) is 25.3 Å². The first-order valence-corrected chi connectivity index (χ1v) is 7.64. The fourth-order valence-electron chi connectivity index (χ4n) is 1.90. The summed E-state index contributed by atoms with van der Waals surface area (Å²) in [7, 11) is 0. The van der Waals surface area contributed by atoms with E-state index < -0.39 is 30.8 Å². The van der Waals surface area contributed by atoms with E-state index in [0.717, 1.165) is 5.56 Å². The normalized spacial score (nSPS) is 12.1. The molecule has 1 unspecified atom stereocenters. The molecule has 5 nitrogen and oxygen atoms in total. The monoisotopic (exact) mass is 340 g/mol. The van der Waals surface area contributed by atoms with Gasteiger partial charge in [0.2, 0.25) is 6.43 Å². The highest BCUT2D eigenvalue weighted by atomic mass is 32.1. The first-order valence-electron chi connectivity index (χ1n) is 6.76. The molecule has 122 valence electrons. The van der Waals surface area contributed by atoms with E-state index in [2.05, 4.69) is 10.3 Å². The lowest BCUT2D eigenvalue weighted by molar-refractivity contribution is -0.140. The molecule has 1 aromatic carbocycles. The van der Waals surface area contributed by atoms with Gasteiger partial charge < -0.3 is 10.4 Å². The Morgan fingerprint density at radius 1 is 1.26 bits per heavy atom. The Kier molecular flexibility index (Phi) is 5.75. The summed E-state index contributed by atoms with van der Waals surface area (Å²) >= 11 is 1.25. The molecule has 2 N–H and O–H groups in total. The molecule has 0 saturated carbocycles. The molecular formula is C15H14F2N2O3S. The maximum absolute atomic E-state index is 12.3. The number of thiazole rings is 1. The number of rotatable bonds is 7. The third kappa shape index (κ3) is 5.10. The molecule has 1 aromatic heterocycles. The minimum absolute atomic E-state index is 0.0291. The van der Waals surface area contributed by atoms with Crippen molar-refractivity contribution in [3.63, 3.8) is 0 Å². The van der Waals surface area contributed by atoms with Gasteiger partial charge >= 0.3 is 5.97 Å². The van der Waals surface area contributed by atoms with Crippen LogP contribution in [0.1, 0.15) is 27.5 Å². The van der Waals surface area contributed by atoms with Crippen LogP contribution in [-0.2, 0) is 11.2 Å². The van der Waals surface area contributed by atoms with Crippen LogP contribution in [0.4, 0.5) is 8.78 Å². The lowest BCUT2D eigenvalue weighted by Gasteiger charge is -2.12. The summed E-state index contributed by atoms with van der Waals surface area (Å²) in [6, 6.07) is 7.87. The third-order valence-corrected chi connectivity index (χ3v) is 3.85. The number of carbonyl (C=O) groups is 2. The molecule has 1 atom stereocenters. The number of aliphatic carboxylic acids is 1. The number of benzene rings is 1. The predicted molar refractivity (Wildman–Crippen MR) is 80.9 cm³/mol. The average molecular weight is 340 g/mol. The summed E-state index contributed by atoms with van der Waals surface area (Å²) in [6.45, 7) is 0. The van der Waals surface area contributed by atoms with Crippen molar-refractivity contribution in [3.8, 4) is 0 Å². The molecule has 0 aliphatic carbocycles. The molecule has 0 spiro atoms. The zero-order chi connectivity index (χ0) is 16.8. The van der Waals surface area contributed by atoms with Gasteiger partial charge in [-0.05, 0) is 5.56 Å². The smallest absolute Gasteiger partial charge is 0.326 e. The Labute approximate surface area is 135 Å². The van der Waals surface area contributed by atoms with Crippen LogP contribution in [-0.4, -0.2) is 34.4 Å². The molecule has 1 amide bonds. The van der Waals surface area contributed by atoms with E-state index in [0.29, 0.717) is 11.4 Å². The first kappa shape index (κ1) is 17.0. The molecule has 0 aliphatic rings. The molecular weight excluding hydrogens is 326 g/mol. The van der Waals surface area contributed by atoms with Gasteiger partial charge in [-0.25, -0.2) is 18.6 Å². The molecule has 2 rings (SSSR count). The Morgan fingerprint density at radius 3 is 2.57 bits per heavy atom. The fourth-order valence-corrected chi connectivity index (χ4v) is 2.71. The second kappa shape index (κ2) is 7.77. The molecule has 0 radical (unpaired) electrons. The zero-order valence-corrected chi connectivity index (χ0v) is 12.7. The van der Waals surface area contributed by atoms with E-state index in [1.165, 1.54) is 16.7 Å². The van der Waals surface area contributed by atoms with Crippen molar-refractivity contribution in [2.75, 3.05) is 0 Å². The number of nitrogens with one attached hydrogen (secondary N) is 1. The van der Waals surface area contributed by atoms with Crippen LogP contribution in [0.15, 0.2) is 35.7 Å². The van der Waals surface area contributed by atoms with Gasteiger partial charge in [-0.15, -0.1) is 11.3 Å². The van der Waals surface area contributed by atoms with Crippen LogP contribution in [0, 0.1) is 0 Å². The molecule has 23 heavy (non-hydrogen) atoms.